The average Bonchev–Trinajstić information content (AvgIpc) is 2.13. The Morgan fingerprint density at radius 3 is 2.90 bits per heavy atom. The highest BCUT2D eigenvalue weighted by Gasteiger charge is 2.19. The number of carbonyl (C=O) groups excluding carboxylic acids is 1. The van der Waals surface area contributed by atoms with Gasteiger partial charge in [0, 0.05) is 6.08 Å². The third kappa shape index (κ3) is 1.29. The summed E-state index contributed by atoms with van der Waals surface area (Å²) in [6.45, 7) is 4.41. The molecule has 3 heteroatoms. The molecule has 0 aliphatic carbocycles. The molecule has 3 nitrogen and oxygen atoms in total. The molecule has 0 saturated carbocycles. The van der Waals surface area contributed by atoms with Crippen molar-refractivity contribution in [1.29, 1.82) is 0 Å². The van der Waals surface area contributed by atoms with Crippen LogP contribution >= 0.6 is 0 Å². The summed E-state index contributed by atoms with van der Waals surface area (Å²) in [5.41, 5.74) is 0. The van der Waals surface area contributed by atoms with Crippen LogP contribution in [0.3, 0.4) is 0 Å². The first-order chi connectivity index (χ1) is 4.74. The maximum atomic E-state index is 10.7. The molecule has 1 atom stereocenters. The summed E-state index contributed by atoms with van der Waals surface area (Å²) in [5.74, 6) is 0.684. The van der Waals surface area contributed by atoms with Crippen molar-refractivity contribution in [1.82, 2.24) is 5.32 Å². The number of carbonyl (C=O) groups is 1. The van der Waals surface area contributed by atoms with Crippen LogP contribution in [0.4, 0.5) is 0 Å². The van der Waals surface area contributed by atoms with Crippen LogP contribution in [0.15, 0.2) is 11.8 Å². The summed E-state index contributed by atoms with van der Waals surface area (Å²) in [7, 11) is 0. The number of nitrogens with one attached hydrogen (secondary N) is 1. The summed E-state index contributed by atoms with van der Waals surface area (Å²) in [5, 5.41) is 2.70. The summed E-state index contributed by atoms with van der Waals surface area (Å²) in [6.07, 6.45) is 1.49. The smallest absolute Gasteiger partial charge is 0.248 e. The largest absolute Gasteiger partial charge is 0.496 e. The van der Waals surface area contributed by atoms with Crippen LogP contribution in [0.25, 0.3) is 0 Å². The number of ether oxygens (including phenoxy) is 1. The monoisotopic (exact) mass is 141 g/mol. The fraction of sp³-hybridized carbons (Fsp3) is 0.571. The molecule has 0 fully saturated rings. The van der Waals surface area contributed by atoms with Gasteiger partial charge in [-0.2, -0.15) is 0 Å². The normalized spacial score (nSPS) is 24.0. The van der Waals surface area contributed by atoms with E-state index in [2.05, 4.69) is 5.32 Å². The van der Waals surface area contributed by atoms with Crippen molar-refractivity contribution in [3.8, 4) is 0 Å². The van der Waals surface area contributed by atoms with Gasteiger partial charge in [0.15, 0.2) is 0 Å². The van der Waals surface area contributed by atoms with E-state index in [-0.39, 0.29) is 11.9 Å². The topological polar surface area (TPSA) is 38.3 Å². The van der Waals surface area contributed by atoms with Gasteiger partial charge in [0.1, 0.15) is 5.76 Å². The third-order valence-electron chi connectivity index (χ3n) is 1.37. The van der Waals surface area contributed by atoms with E-state index in [0.717, 1.165) is 5.76 Å². The standard InChI is InChI=1S/C7H11NO2/c1-3-10-6-4-7(9)8-5(6)2/h4-5H,3H2,1-2H3,(H,8,9). The molecule has 1 aliphatic heterocycles. The number of hydrogen-bond acceptors (Lipinski definition) is 2. The van der Waals surface area contributed by atoms with Gasteiger partial charge in [-0.15, -0.1) is 0 Å². The van der Waals surface area contributed by atoms with Gasteiger partial charge >= 0.3 is 0 Å². The molecule has 1 heterocycles. The zero-order valence-corrected chi connectivity index (χ0v) is 6.18. The molecular weight excluding hydrogens is 130 g/mol. The van der Waals surface area contributed by atoms with Crippen LogP contribution in [0, 0.1) is 0 Å². The minimum Gasteiger partial charge on any atom is -0.496 e. The second-order valence-corrected chi connectivity index (χ2v) is 2.21. The molecule has 0 aromatic rings. The molecule has 0 bridgehead atoms. The fourth-order valence-electron chi connectivity index (χ4n) is 0.914. The number of rotatable bonds is 2. The molecule has 0 aromatic heterocycles. The van der Waals surface area contributed by atoms with Crippen LogP contribution in [0.2, 0.25) is 0 Å². The molecule has 0 radical (unpaired) electrons. The van der Waals surface area contributed by atoms with Gasteiger partial charge in [-0.1, -0.05) is 0 Å². The van der Waals surface area contributed by atoms with Crippen LogP contribution in [-0.4, -0.2) is 18.6 Å². The first-order valence-electron chi connectivity index (χ1n) is 3.39. The predicted octanol–water partition coefficient (Wildman–Crippen LogP) is 0.425. The van der Waals surface area contributed by atoms with E-state index in [1.54, 1.807) is 0 Å². The zero-order valence-electron chi connectivity index (χ0n) is 6.18. The molecule has 1 amide bonds. The summed E-state index contributed by atoms with van der Waals surface area (Å²) in [6, 6.07) is 0.0486. The summed E-state index contributed by atoms with van der Waals surface area (Å²) < 4.78 is 5.16. The van der Waals surface area contributed by atoms with Crippen molar-refractivity contribution in [3.05, 3.63) is 11.8 Å². The highest BCUT2D eigenvalue weighted by Crippen LogP contribution is 2.09. The van der Waals surface area contributed by atoms with Crippen molar-refractivity contribution in [2.75, 3.05) is 6.61 Å². The average molecular weight is 141 g/mol. The van der Waals surface area contributed by atoms with E-state index in [1.807, 2.05) is 13.8 Å². The Balaban J connectivity index is 2.56. The Morgan fingerprint density at radius 2 is 2.50 bits per heavy atom. The third-order valence-corrected chi connectivity index (χ3v) is 1.37. The summed E-state index contributed by atoms with van der Waals surface area (Å²) >= 11 is 0. The van der Waals surface area contributed by atoms with Crippen LogP contribution in [-0.2, 0) is 9.53 Å². The fourth-order valence-corrected chi connectivity index (χ4v) is 0.914. The van der Waals surface area contributed by atoms with Gasteiger partial charge in [0.25, 0.3) is 0 Å². The maximum absolute atomic E-state index is 10.7. The maximum Gasteiger partial charge on any atom is 0.248 e. The number of amides is 1. The van der Waals surface area contributed by atoms with Crippen molar-refractivity contribution in [2.24, 2.45) is 0 Å². The van der Waals surface area contributed by atoms with Crippen molar-refractivity contribution < 1.29 is 9.53 Å². The van der Waals surface area contributed by atoms with Gasteiger partial charge in [-0.3, -0.25) is 4.79 Å². The zero-order chi connectivity index (χ0) is 7.56. The highest BCUT2D eigenvalue weighted by atomic mass is 16.5. The first kappa shape index (κ1) is 7.12. The molecule has 1 aliphatic rings. The molecule has 1 N–H and O–H groups in total. The molecular formula is C7H11NO2. The van der Waals surface area contributed by atoms with Gasteiger partial charge in [0.05, 0.1) is 12.6 Å². The van der Waals surface area contributed by atoms with E-state index in [1.165, 1.54) is 6.08 Å². The van der Waals surface area contributed by atoms with Crippen molar-refractivity contribution in [3.63, 3.8) is 0 Å². The second-order valence-electron chi connectivity index (χ2n) is 2.21. The van der Waals surface area contributed by atoms with E-state index < -0.39 is 0 Å². The van der Waals surface area contributed by atoms with Gasteiger partial charge in [-0.05, 0) is 13.8 Å². The predicted molar refractivity (Wildman–Crippen MR) is 37.3 cm³/mol. The van der Waals surface area contributed by atoms with Gasteiger partial charge in [0.2, 0.25) is 5.91 Å². The molecule has 1 unspecified atom stereocenters. The van der Waals surface area contributed by atoms with Crippen LogP contribution in [0.5, 0.6) is 0 Å². The second kappa shape index (κ2) is 2.73. The van der Waals surface area contributed by atoms with Gasteiger partial charge < -0.3 is 10.1 Å². The van der Waals surface area contributed by atoms with E-state index in [4.69, 9.17) is 4.74 Å². The highest BCUT2D eigenvalue weighted by molar-refractivity contribution is 5.91. The molecule has 56 valence electrons. The molecule has 0 saturated heterocycles. The lowest BCUT2D eigenvalue weighted by Gasteiger charge is -2.08. The Labute approximate surface area is 60.1 Å². The quantitative estimate of drug-likeness (QED) is 0.605. The van der Waals surface area contributed by atoms with E-state index >= 15 is 0 Å². The van der Waals surface area contributed by atoms with Crippen LogP contribution < -0.4 is 5.32 Å². The molecule has 1 rings (SSSR count). The van der Waals surface area contributed by atoms with Crippen molar-refractivity contribution >= 4 is 5.91 Å². The Hall–Kier alpha value is -0.990. The minimum atomic E-state index is -0.0593. The molecule has 0 spiro atoms. The van der Waals surface area contributed by atoms with Crippen molar-refractivity contribution in [2.45, 2.75) is 19.9 Å². The van der Waals surface area contributed by atoms with E-state index in [9.17, 15) is 4.79 Å². The first-order valence-corrected chi connectivity index (χ1v) is 3.39. The molecule has 10 heavy (non-hydrogen) atoms. The Bertz CT molecular complexity index is 174. The lowest BCUT2D eigenvalue weighted by molar-refractivity contribution is -0.116. The summed E-state index contributed by atoms with van der Waals surface area (Å²) in [4.78, 5) is 10.7. The SMILES string of the molecule is CCOC1=CC(=O)NC1C. The number of hydrogen-bond donors (Lipinski definition) is 1. The Morgan fingerprint density at radius 1 is 1.80 bits per heavy atom. The van der Waals surface area contributed by atoms with Gasteiger partial charge in [-0.25, -0.2) is 0 Å². The lowest BCUT2D eigenvalue weighted by Crippen LogP contribution is -2.25. The lowest BCUT2D eigenvalue weighted by atomic mass is 10.3. The Kier molecular flexibility index (Phi) is 1.94. The molecule has 0 aromatic carbocycles. The minimum absolute atomic E-state index is 0.0486. The van der Waals surface area contributed by atoms with Crippen LogP contribution in [0.1, 0.15) is 13.8 Å². The van der Waals surface area contributed by atoms with E-state index in [0.29, 0.717) is 6.61 Å².